The molecule has 1 atom stereocenters. The molecule has 0 aromatic heterocycles. The van der Waals surface area contributed by atoms with Crippen molar-refractivity contribution in [1.29, 1.82) is 0 Å². The summed E-state index contributed by atoms with van der Waals surface area (Å²) in [7, 11) is 1.80. The molecule has 0 aliphatic carbocycles. The van der Waals surface area contributed by atoms with Gasteiger partial charge in [-0.05, 0) is 30.9 Å². The Morgan fingerprint density at radius 2 is 1.69 bits per heavy atom. The van der Waals surface area contributed by atoms with Crippen LogP contribution in [-0.4, -0.2) is 7.11 Å². The van der Waals surface area contributed by atoms with Crippen LogP contribution in [0.15, 0.2) is 24.3 Å². The second kappa shape index (κ2) is 6.05. The topological polar surface area (TPSA) is 9.23 Å². The Balaban J connectivity index is 2.85. The van der Waals surface area contributed by atoms with Crippen molar-refractivity contribution in [3.8, 4) is 0 Å². The Bertz CT molecular complexity index is 302. The average molecular weight is 220 g/mol. The van der Waals surface area contributed by atoms with E-state index in [1.54, 1.807) is 7.11 Å². The van der Waals surface area contributed by atoms with Crippen molar-refractivity contribution >= 4 is 0 Å². The van der Waals surface area contributed by atoms with Gasteiger partial charge in [-0.3, -0.25) is 0 Å². The molecule has 1 aromatic carbocycles. The van der Waals surface area contributed by atoms with Crippen molar-refractivity contribution in [3.05, 3.63) is 35.4 Å². The van der Waals surface area contributed by atoms with Crippen molar-refractivity contribution in [2.75, 3.05) is 7.11 Å². The van der Waals surface area contributed by atoms with Gasteiger partial charge in [-0.25, -0.2) is 0 Å². The van der Waals surface area contributed by atoms with E-state index in [9.17, 15) is 0 Å². The van der Waals surface area contributed by atoms with Gasteiger partial charge in [0, 0.05) is 7.11 Å². The monoisotopic (exact) mass is 220 g/mol. The highest BCUT2D eigenvalue weighted by molar-refractivity contribution is 5.27. The van der Waals surface area contributed by atoms with Gasteiger partial charge < -0.3 is 4.74 Å². The molecule has 0 spiro atoms. The quantitative estimate of drug-likeness (QED) is 0.694. The maximum Gasteiger partial charge on any atom is 0.0899 e. The van der Waals surface area contributed by atoms with Gasteiger partial charge in [0.05, 0.1) is 5.60 Å². The predicted octanol–water partition coefficient (Wildman–Crippen LogP) is 4.30. The third-order valence-corrected chi connectivity index (χ3v) is 3.28. The molecule has 0 aliphatic rings. The lowest BCUT2D eigenvalue weighted by Crippen LogP contribution is -2.23. The summed E-state index contributed by atoms with van der Waals surface area (Å²) in [5.41, 5.74) is 2.58. The number of hydrogen-bond acceptors (Lipinski definition) is 1. The van der Waals surface area contributed by atoms with E-state index >= 15 is 0 Å². The van der Waals surface area contributed by atoms with E-state index in [4.69, 9.17) is 4.74 Å². The molecular formula is C15H24O. The fourth-order valence-electron chi connectivity index (χ4n) is 2.15. The van der Waals surface area contributed by atoms with E-state index in [2.05, 4.69) is 45.0 Å². The summed E-state index contributed by atoms with van der Waals surface area (Å²) in [6, 6.07) is 8.88. The lowest BCUT2D eigenvalue weighted by atomic mass is 9.90. The molecule has 16 heavy (non-hydrogen) atoms. The zero-order valence-electron chi connectivity index (χ0n) is 11.0. The van der Waals surface area contributed by atoms with Crippen LogP contribution in [0.1, 0.15) is 51.2 Å². The van der Waals surface area contributed by atoms with Crippen molar-refractivity contribution in [2.24, 2.45) is 0 Å². The Kier molecular flexibility index (Phi) is 5.01. The smallest absolute Gasteiger partial charge is 0.0899 e. The van der Waals surface area contributed by atoms with Gasteiger partial charge in [-0.15, -0.1) is 0 Å². The molecule has 1 nitrogen and oxygen atoms in total. The molecule has 0 heterocycles. The lowest BCUT2D eigenvalue weighted by molar-refractivity contribution is -0.00611. The fraction of sp³-hybridized carbons (Fsp3) is 0.600. The number of ether oxygens (including phenoxy) is 1. The van der Waals surface area contributed by atoms with Gasteiger partial charge in [0.25, 0.3) is 0 Å². The molecule has 1 rings (SSSR count). The number of hydrogen-bond donors (Lipinski definition) is 0. The molecule has 1 heteroatoms. The van der Waals surface area contributed by atoms with Crippen LogP contribution in [0.25, 0.3) is 0 Å². The standard InChI is InChI=1S/C15H24O/c1-5-7-13-8-10-14(11-9-13)15(3,16-4)12-6-2/h8-11H,5-7,12H2,1-4H3. The van der Waals surface area contributed by atoms with E-state index in [-0.39, 0.29) is 5.60 Å². The summed E-state index contributed by atoms with van der Waals surface area (Å²) in [4.78, 5) is 0. The van der Waals surface area contributed by atoms with Gasteiger partial charge >= 0.3 is 0 Å². The minimum absolute atomic E-state index is 0.126. The van der Waals surface area contributed by atoms with Gasteiger partial charge in [0.15, 0.2) is 0 Å². The van der Waals surface area contributed by atoms with Crippen LogP contribution in [0.3, 0.4) is 0 Å². The molecule has 1 aromatic rings. The van der Waals surface area contributed by atoms with E-state index in [1.807, 2.05) is 0 Å². The second-order valence-corrected chi connectivity index (χ2v) is 4.63. The van der Waals surface area contributed by atoms with Gasteiger partial charge in [0.1, 0.15) is 0 Å². The first-order valence-electron chi connectivity index (χ1n) is 6.31. The summed E-state index contributed by atoms with van der Waals surface area (Å²) >= 11 is 0. The zero-order chi connectivity index (χ0) is 12.0. The van der Waals surface area contributed by atoms with Crippen LogP contribution in [0.5, 0.6) is 0 Å². The van der Waals surface area contributed by atoms with E-state index in [0.29, 0.717) is 0 Å². The van der Waals surface area contributed by atoms with Crippen molar-refractivity contribution in [2.45, 2.75) is 52.1 Å². The minimum Gasteiger partial charge on any atom is -0.374 e. The Hall–Kier alpha value is -0.820. The largest absolute Gasteiger partial charge is 0.374 e. The van der Waals surface area contributed by atoms with Crippen LogP contribution in [0, 0.1) is 0 Å². The Morgan fingerprint density at radius 3 is 2.12 bits per heavy atom. The minimum atomic E-state index is -0.126. The molecule has 0 bridgehead atoms. The average Bonchev–Trinajstić information content (AvgIpc) is 2.30. The summed E-state index contributed by atoms with van der Waals surface area (Å²) in [5, 5.41) is 0. The van der Waals surface area contributed by atoms with Crippen LogP contribution in [0.4, 0.5) is 0 Å². The number of rotatable bonds is 6. The third kappa shape index (κ3) is 3.08. The summed E-state index contributed by atoms with van der Waals surface area (Å²) in [5.74, 6) is 0. The summed E-state index contributed by atoms with van der Waals surface area (Å²) < 4.78 is 5.66. The highest BCUT2D eigenvalue weighted by Crippen LogP contribution is 2.29. The molecule has 0 radical (unpaired) electrons. The van der Waals surface area contributed by atoms with Gasteiger partial charge in [-0.1, -0.05) is 51.0 Å². The first kappa shape index (κ1) is 13.2. The Labute approximate surface area is 99.8 Å². The predicted molar refractivity (Wildman–Crippen MR) is 69.7 cm³/mol. The SMILES string of the molecule is CCCc1ccc(C(C)(CCC)OC)cc1. The van der Waals surface area contributed by atoms with Crippen molar-refractivity contribution in [3.63, 3.8) is 0 Å². The van der Waals surface area contributed by atoms with Crippen molar-refractivity contribution in [1.82, 2.24) is 0 Å². The van der Waals surface area contributed by atoms with E-state index in [1.165, 1.54) is 17.5 Å². The maximum atomic E-state index is 5.66. The third-order valence-electron chi connectivity index (χ3n) is 3.28. The first-order valence-corrected chi connectivity index (χ1v) is 6.31. The van der Waals surface area contributed by atoms with Crippen LogP contribution in [-0.2, 0) is 16.8 Å². The number of aryl methyl sites for hydroxylation is 1. The second-order valence-electron chi connectivity index (χ2n) is 4.63. The molecule has 90 valence electrons. The molecule has 0 fully saturated rings. The van der Waals surface area contributed by atoms with Crippen LogP contribution >= 0.6 is 0 Å². The summed E-state index contributed by atoms with van der Waals surface area (Å²) in [6.45, 7) is 6.58. The van der Waals surface area contributed by atoms with Gasteiger partial charge in [0.2, 0.25) is 0 Å². The molecular weight excluding hydrogens is 196 g/mol. The normalized spacial score (nSPS) is 14.8. The van der Waals surface area contributed by atoms with Crippen LogP contribution < -0.4 is 0 Å². The molecule has 0 saturated heterocycles. The first-order chi connectivity index (χ1) is 7.66. The molecule has 1 unspecified atom stereocenters. The molecule has 0 aliphatic heterocycles. The number of benzene rings is 1. The van der Waals surface area contributed by atoms with E-state index in [0.717, 1.165) is 19.3 Å². The summed E-state index contributed by atoms with van der Waals surface area (Å²) in [6.07, 6.45) is 4.57. The molecule has 0 saturated carbocycles. The zero-order valence-corrected chi connectivity index (χ0v) is 11.0. The molecule has 0 N–H and O–H groups in total. The van der Waals surface area contributed by atoms with Crippen molar-refractivity contribution < 1.29 is 4.74 Å². The maximum absolute atomic E-state index is 5.66. The molecule has 0 amide bonds. The Morgan fingerprint density at radius 1 is 1.06 bits per heavy atom. The fourth-order valence-corrected chi connectivity index (χ4v) is 2.15. The van der Waals surface area contributed by atoms with E-state index < -0.39 is 0 Å². The van der Waals surface area contributed by atoms with Crippen LogP contribution in [0.2, 0.25) is 0 Å². The highest BCUT2D eigenvalue weighted by Gasteiger charge is 2.24. The lowest BCUT2D eigenvalue weighted by Gasteiger charge is -2.28. The number of methoxy groups -OCH3 is 1. The highest BCUT2D eigenvalue weighted by atomic mass is 16.5. The van der Waals surface area contributed by atoms with Gasteiger partial charge in [-0.2, -0.15) is 0 Å².